The van der Waals surface area contributed by atoms with Gasteiger partial charge in [-0.25, -0.2) is 0 Å². The summed E-state index contributed by atoms with van der Waals surface area (Å²) in [5.41, 5.74) is 1.25. The Kier molecular flexibility index (Phi) is 3.96. The molecule has 104 valence electrons. The molecule has 0 amide bonds. The standard InChI is InChI=1S/C15H21ClN2O/c16-12-4-6-13(7-5-12)17-8-10-18(11-9-17)14-2-1-3-15(14)19/h4-7,14-15,19H,1-3,8-11H2/t14-,15-/m1/s1. The van der Waals surface area contributed by atoms with Crippen molar-refractivity contribution in [1.82, 2.24) is 4.90 Å². The monoisotopic (exact) mass is 280 g/mol. The van der Waals surface area contributed by atoms with Gasteiger partial charge in [-0.3, -0.25) is 4.90 Å². The molecule has 0 radical (unpaired) electrons. The first-order chi connectivity index (χ1) is 9.24. The molecule has 1 aliphatic carbocycles. The lowest BCUT2D eigenvalue weighted by atomic mass is 10.1. The number of benzene rings is 1. The summed E-state index contributed by atoms with van der Waals surface area (Å²) >= 11 is 5.92. The van der Waals surface area contributed by atoms with Crippen molar-refractivity contribution in [3.05, 3.63) is 29.3 Å². The first kappa shape index (κ1) is 13.2. The molecule has 2 aliphatic rings. The van der Waals surface area contributed by atoms with Gasteiger partial charge in [0.2, 0.25) is 0 Å². The third-order valence-electron chi connectivity index (χ3n) is 4.42. The Balaban J connectivity index is 1.58. The Morgan fingerprint density at radius 1 is 1.00 bits per heavy atom. The van der Waals surface area contributed by atoms with E-state index in [0.717, 1.165) is 44.0 Å². The smallest absolute Gasteiger partial charge is 0.0695 e. The zero-order chi connectivity index (χ0) is 13.2. The second-order valence-electron chi connectivity index (χ2n) is 5.57. The molecule has 0 unspecified atom stereocenters. The highest BCUT2D eigenvalue weighted by molar-refractivity contribution is 6.30. The molecule has 2 fully saturated rings. The van der Waals surface area contributed by atoms with Crippen LogP contribution in [0.25, 0.3) is 0 Å². The van der Waals surface area contributed by atoms with Gasteiger partial charge in [-0.2, -0.15) is 0 Å². The maximum absolute atomic E-state index is 9.98. The fourth-order valence-corrected chi connectivity index (χ4v) is 3.44. The predicted octanol–water partition coefficient (Wildman–Crippen LogP) is 2.38. The number of nitrogens with zero attached hydrogens (tertiary/aromatic N) is 2. The molecule has 3 nitrogen and oxygen atoms in total. The van der Waals surface area contributed by atoms with Crippen molar-refractivity contribution < 1.29 is 5.11 Å². The van der Waals surface area contributed by atoms with Crippen LogP contribution in [0.2, 0.25) is 5.02 Å². The summed E-state index contributed by atoms with van der Waals surface area (Å²) in [4.78, 5) is 4.86. The maximum atomic E-state index is 9.98. The summed E-state index contributed by atoms with van der Waals surface area (Å²) in [6.07, 6.45) is 3.19. The van der Waals surface area contributed by atoms with E-state index < -0.39 is 0 Å². The first-order valence-electron chi connectivity index (χ1n) is 7.17. The highest BCUT2D eigenvalue weighted by atomic mass is 35.5. The second kappa shape index (κ2) is 5.70. The number of aliphatic hydroxyl groups is 1. The summed E-state index contributed by atoms with van der Waals surface area (Å²) in [6, 6.07) is 8.46. The molecule has 1 N–H and O–H groups in total. The zero-order valence-electron chi connectivity index (χ0n) is 11.1. The van der Waals surface area contributed by atoms with Crippen LogP contribution in [-0.4, -0.2) is 48.3 Å². The lowest BCUT2D eigenvalue weighted by molar-refractivity contribution is 0.0671. The number of rotatable bonds is 2. The molecular formula is C15H21ClN2O. The van der Waals surface area contributed by atoms with Crippen LogP contribution in [0, 0.1) is 0 Å². The Labute approximate surface area is 119 Å². The third kappa shape index (κ3) is 2.88. The van der Waals surface area contributed by atoms with Gasteiger partial charge >= 0.3 is 0 Å². The Morgan fingerprint density at radius 3 is 2.26 bits per heavy atom. The van der Waals surface area contributed by atoms with Crippen molar-refractivity contribution in [2.45, 2.75) is 31.4 Å². The van der Waals surface area contributed by atoms with E-state index in [-0.39, 0.29) is 6.10 Å². The number of hydrogen-bond donors (Lipinski definition) is 1. The molecule has 2 atom stereocenters. The van der Waals surface area contributed by atoms with Gasteiger partial charge < -0.3 is 10.0 Å². The number of hydrogen-bond acceptors (Lipinski definition) is 3. The van der Waals surface area contributed by atoms with Crippen LogP contribution in [0.5, 0.6) is 0 Å². The highest BCUT2D eigenvalue weighted by Crippen LogP contribution is 2.26. The van der Waals surface area contributed by atoms with Gasteiger partial charge in [-0.1, -0.05) is 11.6 Å². The molecule has 1 heterocycles. The summed E-state index contributed by atoms with van der Waals surface area (Å²) in [7, 11) is 0. The van der Waals surface area contributed by atoms with Crippen molar-refractivity contribution >= 4 is 17.3 Å². The van der Waals surface area contributed by atoms with E-state index in [1.54, 1.807) is 0 Å². The second-order valence-corrected chi connectivity index (χ2v) is 6.00. The molecule has 4 heteroatoms. The summed E-state index contributed by atoms with van der Waals surface area (Å²) < 4.78 is 0. The third-order valence-corrected chi connectivity index (χ3v) is 4.67. The topological polar surface area (TPSA) is 26.7 Å². The summed E-state index contributed by atoms with van der Waals surface area (Å²) in [5, 5.41) is 10.8. The first-order valence-corrected chi connectivity index (χ1v) is 7.54. The van der Waals surface area contributed by atoms with Crippen molar-refractivity contribution in [2.24, 2.45) is 0 Å². The number of piperazine rings is 1. The number of halogens is 1. The molecule has 1 saturated carbocycles. The average Bonchev–Trinajstić information content (AvgIpc) is 2.86. The van der Waals surface area contributed by atoms with Crippen molar-refractivity contribution in [3.63, 3.8) is 0 Å². The molecule has 1 saturated heterocycles. The van der Waals surface area contributed by atoms with Gasteiger partial charge in [0, 0.05) is 42.9 Å². The average molecular weight is 281 g/mol. The number of aliphatic hydroxyl groups excluding tert-OH is 1. The van der Waals surface area contributed by atoms with E-state index in [0.29, 0.717) is 6.04 Å². The Bertz CT molecular complexity index is 415. The molecule has 1 aromatic carbocycles. The van der Waals surface area contributed by atoms with Crippen LogP contribution < -0.4 is 4.90 Å². The minimum absolute atomic E-state index is 0.109. The maximum Gasteiger partial charge on any atom is 0.0695 e. The van der Waals surface area contributed by atoms with Crippen molar-refractivity contribution in [1.29, 1.82) is 0 Å². The van der Waals surface area contributed by atoms with E-state index in [1.165, 1.54) is 12.1 Å². The normalized spacial score (nSPS) is 28.8. The van der Waals surface area contributed by atoms with Crippen LogP contribution in [0.15, 0.2) is 24.3 Å². The van der Waals surface area contributed by atoms with Gasteiger partial charge in [0.15, 0.2) is 0 Å². The molecule has 0 aromatic heterocycles. The van der Waals surface area contributed by atoms with E-state index in [4.69, 9.17) is 11.6 Å². The zero-order valence-corrected chi connectivity index (χ0v) is 11.9. The fraction of sp³-hybridized carbons (Fsp3) is 0.600. The SMILES string of the molecule is O[C@@H]1CCC[C@H]1N1CCN(c2ccc(Cl)cc2)CC1. The quantitative estimate of drug-likeness (QED) is 0.901. The van der Waals surface area contributed by atoms with E-state index >= 15 is 0 Å². The van der Waals surface area contributed by atoms with Gasteiger partial charge in [0.25, 0.3) is 0 Å². The van der Waals surface area contributed by atoms with E-state index in [1.807, 2.05) is 12.1 Å². The fourth-order valence-electron chi connectivity index (χ4n) is 3.31. The highest BCUT2D eigenvalue weighted by Gasteiger charge is 2.32. The predicted molar refractivity (Wildman–Crippen MR) is 78.9 cm³/mol. The van der Waals surface area contributed by atoms with Crippen molar-refractivity contribution in [2.75, 3.05) is 31.1 Å². The lowest BCUT2D eigenvalue weighted by Crippen LogP contribution is -2.52. The lowest BCUT2D eigenvalue weighted by Gasteiger charge is -2.40. The molecule has 1 aromatic rings. The van der Waals surface area contributed by atoms with Crippen LogP contribution in [-0.2, 0) is 0 Å². The van der Waals surface area contributed by atoms with Gasteiger partial charge in [-0.15, -0.1) is 0 Å². The van der Waals surface area contributed by atoms with Crippen molar-refractivity contribution in [3.8, 4) is 0 Å². The molecule has 0 spiro atoms. The minimum atomic E-state index is -0.109. The molecule has 19 heavy (non-hydrogen) atoms. The number of anilines is 1. The van der Waals surface area contributed by atoms with Gasteiger partial charge in [0.05, 0.1) is 6.10 Å². The molecule has 3 rings (SSSR count). The van der Waals surface area contributed by atoms with Crippen LogP contribution in [0.4, 0.5) is 5.69 Å². The Morgan fingerprint density at radius 2 is 1.68 bits per heavy atom. The van der Waals surface area contributed by atoms with Crippen LogP contribution in [0.3, 0.4) is 0 Å². The van der Waals surface area contributed by atoms with E-state index in [2.05, 4.69) is 21.9 Å². The summed E-state index contributed by atoms with van der Waals surface area (Å²) in [6.45, 7) is 4.16. The van der Waals surface area contributed by atoms with Crippen LogP contribution >= 0.6 is 11.6 Å². The molecular weight excluding hydrogens is 260 g/mol. The molecule has 0 bridgehead atoms. The van der Waals surface area contributed by atoms with E-state index in [9.17, 15) is 5.11 Å². The summed E-state index contributed by atoms with van der Waals surface area (Å²) in [5.74, 6) is 0. The van der Waals surface area contributed by atoms with Crippen LogP contribution in [0.1, 0.15) is 19.3 Å². The largest absolute Gasteiger partial charge is 0.391 e. The molecule has 1 aliphatic heterocycles. The minimum Gasteiger partial charge on any atom is -0.391 e. The Hall–Kier alpha value is -0.770. The van der Waals surface area contributed by atoms with Gasteiger partial charge in [0.1, 0.15) is 0 Å². The van der Waals surface area contributed by atoms with Gasteiger partial charge in [-0.05, 0) is 43.5 Å².